The Bertz CT molecular complexity index is 303. The van der Waals surface area contributed by atoms with E-state index in [4.69, 9.17) is 0 Å². The van der Waals surface area contributed by atoms with Crippen LogP contribution in [0.25, 0.3) is 0 Å². The molecule has 0 aromatic heterocycles. The molecule has 0 nitrogen and oxygen atoms in total. The SMILES string of the molecule is CC1CC(F)CC(C)C1[S+](C1CCCCC1)C1CCCCC1. The average Bonchev–Trinajstić information content (AvgIpc) is 2.52. The molecule has 3 aliphatic rings. The second-order valence-electron chi connectivity index (χ2n) is 8.42. The van der Waals surface area contributed by atoms with Crippen LogP contribution in [0.4, 0.5) is 4.39 Å². The Morgan fingerprint density at radius 2 is 1.09 bits per heavy atom. The number of halogens is 1. The highest BCUT2D eigenvalue weighted by atomic mass is 32.2. The first-order valence-electron chi connectivity index (χ1n) is 10.0. The van der Waals surface area contributed by atoms with E-state index in [9.17, 15) is 4.39 Å². The summed E-state index contributed by atoms with van der Waals surface area (Å²) in [5, 5.41) is 2.81. The molecule has 0 aromatic rings. The Kier molecular flexibility index (Phi) is 6.15. The van der Waals surface area contributed by atoms with Crippen LogP contribution in [0.1, 0.15) is 90.9 Å². The molecule has 2 atom stereocenters. The summed E-state index contributed by atoms with van der Waals surface area (Å²) >= 11 is 0. The van der Waals surface area contributed by atoms with Crippen molar-refractivity contribution in [1.82, 2.24) is 0 Å². The molecule has 0 N–H and O–H groups in total. The topological polar surface area (TPSA) is 0 Å². The fraction of sp³-hybridized carbons (Fsp3) is 1.00. The molecule has 2 unspecified atom stereocenters. The van der Waals surface area contributed by atoms with Gasteiger partial charge in [-0.1, -0.05) is 26.7 Å². The van der Waals surface area contributed by atoms with Gasteiger partial charge in [0.25, 0.3) is 0 Å². The van der Waals surface area contributed by atoms with Crippen molar-refractivity contribution in [3.8, 4) is 0 Å². The van der Waals surface area contributed by atoms with Crippen molar-refractivity contribution >= 4 is 10.9 Å². The minimum Gasteiger partial charge on any atom is -0.247 e. The fourth-order valence-electron chi connectivity index (χ4n) is 5.66. The minimum atomic E-state index is -0.524. The summed E-state index contributed by atoms with van der Waals surface area (Å²) in [6.07, 6.45) is 15.8. The quantitative estimate of drug-likeness (QED) is 0.554. The smallest absolute Gasteiger partial charge is 0.124 e. The van der Waals surface area contributed by atoms with Gasteiger partial charge in [0.05, 0.1) is 0 Å². The summed E-state index contributed by atoms with van der Waals surface area (Å²) in [4.78, 5) is 0. The summed E-state index contributed by atoms with van der Waals surface area (Å²) in [7, 11) is 0.574. The largest absolute Gasteiger partial charge is 0.247 e. The monoisotopic (exact) mass is 327 g/mol. The van der Waals surface area contributed by atoms with Crippen LogP contribution in [-0.4, -0.2) is 21.9 Å². The highest BCUT2D eigenvalue weighted by molar-refractivity contribution is 7.98. The van der Waals surface area contributed by atoms with Gasteiger partial charge in [-0.25, -0.2) is 4.39 Å². The first-order valence-corrected chi connectivity index (χ1v) is 11.4. The molecule has 3 saturated carbocycles. The molecule has 22 heavy (non-hydrogen) atoms. The number of alkyl halides is 1. The van der Waals surface area contributed by atoms with Crippen molar-refractivity contribution in [1.29, 1.82) is 0 Å². The number of rotatable bonds is 3. The maximum atomic E-state index is 14.0. The van der Waals surface area contributed by atoms with Crippen molar-refractivity contribution < 1.29 is 4.39 Å². The van der Waals surface area contributed by atoms with E-state index in [1.807, 2.05) is 0 Å². The number of hydrogen-bond acceptors (Lipinski definition) is 0. The standard InChI is InChI=1S/C20H36FS/c1-15-13-17(21)14-16(2)20(15)22(18-9-5-3-6-10-18)19-11-7-4-8-12-19/h15-20H,3-14H2,1-2H3/q+1. The highest BCUT2D eigenvalue weighted by Crippen LogP contribution is 2.44. The lowest BCUT2D eigenvalue weighted by Gasteiger charge is -2.42. The second kappa shape index (κ2) is 7.90. The van der Waals surface area contributed by atoms with Gasteiger partial charge in [-0.05, 0) is 75.1 Å². The molecule has 0 amide bonds. The molecule has 3 fully saturated rings. The van der Waals surface area contributed by atoms with Crippen LogP contribution < -0.4 is 0 Å². The van der Waals surface area contributed by atoms with Gasteiger partial charge < -0.3 is 0 Å². The van der Waals surface area contributed by atoms with Crippen molar-refractivity contribution in [3.63, 3.8) is 0 Å². The van der Waals surface area contributed by atoms with Gasteiger partial charge >= 0.3 is 0 Å². The lowest BCUT2D eigenvalue weighted by Crippen LogP contribution is -2.50. The zero-order valence-corrected chi connectivity index (χ0v) is 15.6. The van der Waals surface area contributed by atoms with E-state index in [1.54, 1.807) is 0 Å². The molecule has 0 saturated heterocycles. The zero-order chi connectivity index (χ0) is 15.5. The molecular formula is C20H36FS+. The summed E-state index contributed by atoms with van der Waals surface area (Å²) in [6, 6.07) is 0. The van der Waals surface area contributed by atoms with E-state index in [0.29, 0.717) is 22.7 Å². The van der Waals surface area contributed by atoms with Crippen LogP contribution in [-0.2, 0) is 10.9 Å². The van der Waals surface area contributed by atoms with E-state index < -0.39 is 6.17 Å². The molecule has 128 valence electrons. The third-order valence-corrected chi connectivity index (χ3v) is 10.6. The Morgan fingerprint density at radius 3 is 1.50 bits per heavy atom. The molecule has 0 bridgehead atoms. The summed E-state index contributed by atoms with van der Waals surface area (Å²) in [5.74, 6) is 1.23. The van der Waals surface area contributed by atoms with E-state index >= 15 is 0 Å². The minimum absolute atomic E-state index is 0.524. The lowest BCUT2D eigenvalue weighted by atomic mass is 9.82. The van der Waals surface area contributed by atoms with E-state index in [1.165, 1.54) is 64.2 Å². The van der Waals surface area contributed by atoms with E-state index in [0.717, 1.165) is 28.6 Å². The van der Waals surface area contributed by atoms with Gasteiger partial charge in [0.2, 0.25) is 0 Å². The molecule has 0 heterocycles. The van der Waals surface area contributed by atoms with Gasteiger partial charge in [-0.2, -0.15) is 0 Å². The van der Waals surface area contributed by atoms with Crippen molar-refractivity contribution in [2.24, 2.45) is 11.8 Å². The van der Waals surface area contributed by atoms with Crippen LogP contribution in [0, 0.1) is 11.8 Å². The Labute approximate surface area is 140 Å². The molecule has 0 aromatic carbocycles. The van der Waals surface area contributed by atoms with Gasteiger partial charge in [-0.3, -0.25) is 0 Å². The molecule has 0 radical (unpaired) electrons. The normalized spacial score (nSPS) is 39.3. The van der Waals surface area contributed by atoms with Gasteiger partial charge in [0.15, 0.2) is 0 Å². The van der Waals surface area contributed by atoms with Crippen LogP contribution in [0.5, 0.6) is 0 Å². The Morgan fingerprint density at radius 1 is 0.682 bits per heavy atom. The van der Waals surface area contributed by atoms with Crippen LogP contribution in [0.2, 0.25) is 0 Å². The third-order valence-electron chi connectivity index (χ3n) is 6.57. The lowest BCUT2D eigenvalue weighted by molar-refractivity contribution is 0.169. The first-order chi connectivity index (χ1) is 10.7. The zero-order valence-electron chi connectivity index (χ0n) is 14.7. The molecule has 0 spiro atoms. The second-order valence-corrected chi connectivity index (χ2v) is 11.1. The van der Waals surface area contributed by atoms with Gasteiger partial charge in [-0.15, -0.1) is 0 Å². The third kappa shape index (κ3) is 3.84. The molecule has 0 aliphatic heterocycles. The average molecular weight is 328 g/mol. The highest BCUT2D eigenvalue weighted by Gasteiger charge is 2.51. The molecule has 3 aliphatic carbocycles. The van der Waals surface area contributed by atoms with Crippen LogP contribution in [0.15, 0.2) is 0 Å². The van der Waals surface area contributed by atoms with Crippen LogP contribution >= 0.6 is 0 Å². The first kappa shape index (κ1) is 17.1. The van der Waals surface area contributed by atoms with Crippen LogP contribution in [0.3, 0.4) is 0 Å². The van der Waals surface area contributed by atoms with Gasteiger partial charge in [0.1, 0.15) is 21.9 Å². The predicted octanol–water partition coefficient (Wildman–Crippen LogP) is 6.04. The maximum Gasteiger partial charge on any atom is 0.124 e. The van der Waals surface area contributed by atoms with Gasteiger partial charge in [0, 0.05) is 11.8 Å². The number of hydrogen-bond donors (Lipinski definition) is 0. The van der Waals surface area contributed by atoms with E-state index in [2.05, 4.69) is 13.8 Å². The summed E-state index contributed by atoms with van der Waals surface area (Å²) in [5.41, 5.74) is 0. The Hall–Kier alpha value is 0.280. The van der Waals surface area contributed by atoms with Crippen molar-refractivity contribution in [2.75, 3.05) is 0 Å². The van der Waals surface area contributed by atoms with E-state index in [-0.39, 0.29) is 0 Å². The molecular weight excluding hydrogens is 291 g/mol. The molecule has 3 rings (SSSR count). The fourth-order valence-corrected chi connectivity index (χ4v) is 10.1. The molecule has 2 heteroatoms. The van der Waals surface area contributed by atoms with Crippen molar-refractivity contribution in [3.05, 3.63) is 0 Å². The maximum absolute atomic E-state index is 14.0. The summed E-state index contributed by atoms with van der Waals surface area (Å²) < 4.78 is 14.0. The summed E-state index contributed by atoms with van der Waals surface area (Å²) in [6.45, 7) is 4.75. The predicted molar refractivity (Wildman–Crippen MR) is 97.4 cm³/mol. The Balaban J connectivity index is 1.79. The van der Waals surface area contributed by atoms with Crippen molar-refractivity contribution in [2.45, 2.75) is 113 Å².